The number of ether oxygens (including phenoxy) is 1. The first kappa shape index (κ1) is 13.8. The van der Waals surface area contributed by atoms with Crippen LogP contribution in [0.5, 0.6) is 0 Å². The minimum absolute atomic E-state index is 0.282. The Kier molecular flexibility index (Phi) is 4.13. The highest BCUT2D eigenvalue weighted by Gasteiger charge is 2.44. The van der Waals surface area contributed by atoms with Crippen LogP contribution in [-0.2, 0) is 4.74 Å². The van der Waals surface area contributed by atoms with Crippen molar-refractivity contribution in [2.75, 3.05) is 39.3 Å². The lowest BCUT2D eigenvalue weighted by atomic mass is 9.73. The van der Waals surface area contributed by atoms with Crippen LogP contribution in [0.1, 0.15) is 39.0 Å². The normalized spacial score (nSPS) is 34.1. The van der Waals surface area contributed by atoms with E-state index in [1.807, 2.05) is 0 Å². The van der Waals surface area contributed by atoms with Crippen LogP contribution in [0.2, 0.25) is 0 Å². The molecule has 3 fully saturated rings. The van der Waals surface area contributed by atoms with E-state index in [9.17, 15) is 0 Å². The summed E-state index contributed by atoms with van der Waals surface area (Å²) in [7, 11) is 0. The number of nitrogens with zero attached hydrogens (tertiary/aromatic N) is 2. The van der Waals surface area contributed by atoms with Crippen LogP contribution in [-0.4, -0.2) is 66.8 Å². The molecule has 3 rings (SSSR count). The topological polar surface area (TPSA) is 41.7 Å². The fourth-order valence-electron chi connectivity index (χ4n) is 3.93. The van der Waals surface area contributed by atoms with E-state index in [2.05, 4.69) is 16.7 Å². The van der Waals surface area contributed by atoms with Crippen LogP contribution < -0.4 is 5.73 Å². The molecule has 1 saturated carbocycles. The molecule has 1 aliphatic carbocycles. The third-order valence-corrected chi connectivity index (χ3v) is 5.56. The highest BCUT2D eigenvalue weighted by molar-refractivity contribution is 4.97. The fourth-order valence-corrected chi connectivity index (χ4v) is 3.93. The minimum Gasteiger partial charge on any atom is -0.375 e. The van der Waals surface area contributed by atoms with Crippen molar-refractivity contribution in [2.45, 2.75) is 56.7 Å². The number of nitrogens with two attached hydrogens (primary N) is 1. The van der Waals surface area contributed by atoms with E-state index in [1.54, 1.807) is 0 Å². The van der Waals surface area contributed by atoms with Gasteiger partial charge in [0.1, 0.15) is 0 Å². The van der Waals surface area contributed by atoms with Gasteiger partial charge in [-0.1, -0.05) is 0 Å². The van der Waals surface area contributed by atoms with Gasteiger partial charge in [0, 0.05) is 51.4 Å². The van der Waals surface area contributed by atoms with Crippen molar-refractivity contribution >= 4 is 0 Å². The fraction of sp³-hybridized carbons (Fsp3) is 1.00. The summed E-state index contributed by atoms with van der Waals surface area (Å²) in [5.41, 5.74) is 6.05. The molecular weight excluding hydrogens is 238 g/mol. The molecule has 2 saturated heterocycles. The Morgan fingerprint density at radius 2 is 2.00 bits per heavy atom. The predicted molar refractivity (Wildman–Crippen MR) is 77.2 cm³/mol. The van der Waals surface area contributed by atoms with Gasteiger partial charge in [0.2, 0.25) is 0 Å². The van der Waals surface area contributed by atoms with Gasteiger partial charge < -0.3 is 10.5 Å². The Bertz CT molecular complexity index is 298. The average Bonchev–Trinajstić information content (AvgIpc) is 2.45. The van der Waals surface area contributed by atoms with Crippen molar-refractivity contribution in [3.05, 3.63) is 0 Å². The smallest absolute Gasteiger partial charge is 0.0697 e. The molecule has 2 unspecified atom stereocenters. The molecule has 0 aromatic heterocycles. The molecule has 0 radical (unpaired) electrons. The van der Waals surface area contributed by atoms with Crippen LogP contribution in [0.4, 0.5) is 0 Å². The summed E-state index contributed by atoms with van der Waals surface area (Å²) < 4.78 is 6.05. The van der Waals surface area contributed by atoms with E-state index in [0.717, 1.165) is 19.2 Å². The molecule has 0 aromatic rings. The molecule has 0 bridgehead atoms. The first-order valence-electron chi connectivity index (χ1n) is 8.05. The molecule has 1 spiro atoms. The van der Waals surface area contributed by atoms with Gasteiger partial charge in [-0.25, -0.2) is 0 Å². The average molecular weight is 267 g/mol. The van der Waals surface area contributed by atoms with E-state index in [1.165, 1.54) is 58.3 Å². The maximum Gasteiger partial charge on any atom is 0.0697 e. The van der Waals surface area contributed by atoms with Crippen LogP contribution in [0.3, 0.4) is 0 Å². The van der Waals surface area contributed by atoms with E-state index in [-0.39, 0.29) is 5.60 Å². The van der Waals surface area contributed by atoms with Gasteiger partial charge in [-0.15, -0.1) is 0 Å². The van der Waals surface area contributed by atoms with Gasteiger partial charge >= 0.3 is 0 Å². The maximum atomic E-state index is 6.05. The lowest BCUT2D eigenvalue weighted by Gasteiger charge is -2.51. The van der Waals surface area contributed by atoms with Crippen LogP contribution in [0.15, 0.2) is 0 Å². The van der Waals surface area contributed by atoms with Crippen molar-refractivity contribution < 1.29 is 4.74 Å². The highest BCUT2D eigenvalue weighted by Crippen LogP contribution is 2.43. The predicted octanol–water partition coefficient (Wildman–Crippen LogP) is 1.05. The molecule has 4 nitrogen and oxygen atoms in total. The lowest BCUT2D eigenvalue weighted by Crippen LogP contribution is -2.58. The van der Waals surface area contributed by atoms with Crippen molar-refractivity contribution in [1.82, 2.24) is 9.80 Å². The third kappa shape index (κ3) is 2.82. The first-order chi connectivity index (χ1) is 9.22. The summed E-state index contributed by atoms with van der Waals surface area (Å²) in [4.78, 5) is 5.25. The van der Waals surface area contributed by atoms with E-state index in [4.69, 9.17) is 10.5 Å². The Balaban J connectivity index is 1.51. The number of rotatable bonds is 3. The molecular formula is C15H29N3O. The van der Waals surface area contributed by atoms with Crippen LogP contribution in [0.25, 0.3) is 0 Å². The SMILES string of the molecule is CC(CN)N1CCN(C2CCOC3(CCC3)C2)CC1. The molecule has 0 amide bonds. The second kappa shape index (κ2) is 5.68. The van der Waals surface area contributed by atoms with Gasteiger partial charge in [-0.2, -0.15) is 0 Å². The zero-order valence-electron chi connectivity index (χ0n) is 12.3. The summed E-state index contributed by atoms with van der Waals surface area (Å²) >= 11 is 0. The minimum atomic E-state index is 0.282. The number of piperazine rings is 1. The zero-order valence-corrected chi connectivity index (χ0v) is 12.3. The summed E-state index contributed by atoms with van der Waals surface area (Å²) in [6.07, 6.45) is 6.48. The molecule has 110 valence electrons. The molecule has 3 aliphatic rings. The second-order valence-electron chi connectivity index (χ2n) is 6.69. The van der Waals surface area contributed by atoms with Crippen molar-refractivity contribution in [3.63, 3.8) is 0 Å². The molecule has 0 aromatic carbocycles. The molecule has 2 atom stereocenters. The van der Waals surface area contributed by atoms with Crippen molar-refractivity contribution in [3.8, 4) is 0 Å². The Morgan fingerprint density at radius 3 is 2.58 bits per heavy atom. The Morgan fingerprint density at radius 1 is 1.26 bits per heavy atom. The van der Waals surface area contributed by atoms with Gasteiger partial charge in [-0.05, 0) is 39.0 Å². The third-order valence-electron chi connectivity index (χ3n) is 5.56. The monoisotopic (exact) mass is 267 g/mol. The Hall–Kier alpha value is -0.160. The van der Waals surface area contributed by atoms with Crippen molar-refractivity contribution in [2.24, 2.45) is 5.73 Å². The van der Waals surface area contributed by atoms with Crippen LogP contribution in [0, 0.1) is 0 Å². The summed E-state index contributed by atoms with van der Waals surface area (Å²) in [5.74, 6) is 0. The van der Waals surface area contributed by atoms with Gasteiger partial charge in [0.15, 0.2) is 0 Å². The lowest BCUT2D eigenvalue weighted by molar-refractivity contribution is -0.151. The molecule has 4 heteroatoms. The van der Waals surface area contributed by atoms with E-state index < -0.39 is 0 Å². The zero-order chi connectivity index (χ0) is 13.3. The molecule has 2 N–H and O–H groups in total. The first-order valence-corrected chi connectivity index (χ1v) is 8.05. The summed E-state index contributed by atoms with van der Waals surface area (Å²) in [5, 5.41) is 0. The van der Waals surface area contributed by atoms with Gasteiger partial charge in [0.05, 0.1) is 5.60 Å². The number of hydrogen-bond acceptors (Lipinski definition) is 4. The molecule has 2 heterocycles. The Labute approximate surface area is 117 Å². The van der Waals surface area contributed by atoms with Crippen molar-refractivity contribution in [1.29, 1.82) is 0 Å². The van der Waals surface area contributed by atoms with E-state index >= 15 is 0 Å². The van der Waals surface area contributed by atoms with Gasteiger partial charge in [-0.3, -0.25) is 9.80 Å². The van der Waals surface area contributed by atoms with Crippen LogP contribution >= 0.6 is 0 Å². The van der Waals surface area contributed by atoms with Gasteiger partial charge in [0.25, 0.3) is 0 Å². The molecule has 19 heavy (non-hydrogen) atoms. The van der Waals surface area contributed by atoms with E-state index in [0.29, 0.717) is 6.04 Å². The number of hydrogen-bond donors (Lipinski definition) is 1. The largest absolute Gasteiger partial charge is 0.375 e. The second-order valence-corrected chi connectivity index (χ2v) is 6.69. The highest BCUT2D eigenvalue weighted by atomic mass is 16.5. The quantitative estimate of drug-likeness (QED) is 0.830. The standard InChI is InChI=1S/C15H29N3O/c1-13(12-16)17-6-8-18(9-7-17)14-3-10-19-15(11-14)4-2-5-15/h13-14H,2-12,16H2,1H3. The maximum absolute atomic E-state index is 6.05. The summed E-state index contributed by atoms with van der Waals surface area (Å²) in [6.45, 7) is 8.79. The molecule has 2 aliphatic heterocycles. The summed E-state index contributed by atoms with van der Waals surface area (Å²) in [6, 6.07) is 1.30.